The summed E-state index contributed by atoms with van der Waals surface area (Å²) in [4.78, 5) is 30.7. The fourth-order valence-corrected chi connectivity index (χ4v) is 3.04. The normalized spacial score (nSPS) is 20.6. The van der Waals surface area contributed by atoms with Gasteiger partial charge in [0, 0.05) is 19.7 Å². The minimum atomic E-state index is -0.420. The zero-order valence-corrected chi connectivity index (χ0v) is 13.2. The van der Waals surface area contributed by atoms with Crippen LogP contribution in [0.4, 0.5) is 5.82 Å². The number of aryl methyl sites for hydroxylation is 1. The molecule has 0 saturated carbocycles. The van der Waals surface area contributed by atoms with Gasteiger partial charge in [-0.3, -0.25) is 9.59 Å². The molecule has 1 aliphatic heterocycles. The van der Waals surface area contributed by atoms with E-state index in [1.54, 1.807) is 18.1 Å². The number of hydrogen-bond donors (Lipinski definition) is 1. The maximum Gasteiger partial charge on any atom is 0.231 e. The lowest BCUT2D eigenvalue weighted by Gasteiger charge is -2.25. The summed E-state index contributed by atoms with van der Waals surface area (Å²) in [6.07, 6.45) is 1.86. The number of likely N-dealkylation sites (tertiary alicyclic amines) is 1. The Hall–Kier alpha value is -2.69. The van der Waals surface area contributed by atoms with Gasteiger partial charge in [0.15, 0.2) is 0 Å². The number of nitrogens with one attached hydrogen (secondary N) is 1. The third-order valence-electron chi connectivity index (χ3n) is 4.32. The van der Waals surface area contributed by atoms with E-state index < -0.39 is 5.92 Å². The highest BCUT2D eigenvalue weighted by Crippen LogP contribution is 2.37. The number of pyridine rings is 1. The van der Waals surface area contributed by atoms with Crippen molar-refractivity contribution in [1.29, 1.82) is 0 Å². The number of hydrogen-bond acceptors (Lipinski definition) is 3. The predicted octanol–water partition coefficient (Wildman–Crippen LogP) is 2.55. The van der Waals surface area contributed by atoms with E-state index in [1.807, 2.05) is 49.4 Å². The minimum absolute atomic E-state index is 0.0169. The quantitative estimate of drug-likeness (QED) is 0.948. The topological polar surface area (TPSA) is 62.3 Å². The molecule has 2 heterocycles. The van der Waals surface area contributed by atoms with Crippen molar-refractivity contribution in [2.75, 3.05) is 12.4 Å². The van der Waals surface area contributed by atoms with Crippen LogP contribution in [0.25, 0.3) is 0 Å². The van der Waals surface area contributed by atoms with E-state index in [1.165, 1.54) is 0 Å². The second-order valence-electron chi connectivity index (χ2n) is 5.83. The molecule has 0 spiro atoms. The maximum absolute atomic E-state index is 12.7. The summed E-state index contributed by atoms with van der Waals surface area (Å²) in [6.45, 7) is 1.89. The largest absolute Gasteiger partial charge is 0.338 e. The van der Waals surface area contributed by atoms with E-state index in [4.69, 9.17) is 0 Å². The fraction of sp³-hybridized carbons (Fsp3) is 0.278. The van der Waals surface area contributed by atoms with Crippen LogP contribution in [-0.2, 0) is 9.59 Å². The van der Waals surface area contributed by atoms with Gasteiger partial charge in [0.25, 0.3) is 0 Å². The van der Waals surface area contributed by atoms with Crippen molar-refractivity contribution in [2.45, 2.75) is 19.4 Å². The first-order valence-corrected chi connectivity index (χ1v) is 7.61. The van der Waals surface area contributed by atoms with E-state index in [-0.39, 0.29) is 24.3 Å². The van der Waals surface area contributed by atoms with Gasteiger partial charge < -0.3 is 10.2 Å². The molecule has 1 aliphatic rings. The fourth-order valence-electron chi connectivity index (χ4n) is 3.04. The number of carbonyl (C=O) groups is 2. The Bertz CT molecular complexity index is 730. The van der Waals surface area contributed by atoms with Crippen molar-refractivity contribution < 1.29 is 9.59 Å². The second kappa shape index (κ2) is 6.20. The molecule has 0 radical (unpaired) electrons. The predicted molar refractivity (Wildman–Crippen MR) is 87.7 cm³/mol. The molecule has 1 aromatic heterocycles. The highest BCUT2D eigenvalue weighted by atomic mass is 16.2. The third kappa shape index (κ3) is 2.95. The van der Waals surface area contributed by atoms with Crippen molar-refractivity contribution in [3.8, 4) is 0 Å². The van der Waals surface area contributed by atoms with Crippen LogP contribution in [0.15, 0.2) is 48.7 Å². The molecule has 5 nitrogen and oxygen atoms in total. The standard InChI is InChI=1S/C18H19N3O2/c1-12-7-6-10-19-17(12)20-18(23)14-11-15(22)21(2)16(14)13-8-4-3-5-9-13/h3-10,14,16H,11H2,1-2H3,(H,19,20,23)/t14-,16-/m0/s1. The zero-order chi connectivity index (χ0) is 16.4. The lowest BCUT2D eigenvalue weighted by Crippen LogP contribution is -2.30. The molecule has 5 heteroatoms. The van der Waals surface area contributed by atoms with Gasteiger partial charge in [0.05, 0.1) is 12.0 Å². The number of carbonyl (C=O) groups excluding carboxylic acids is 2. The summed E-state index contributed by atoms with van der Waals surface area (Å²) in [5, 5.41) is 2.86. The van der Waals surface area contributed by atoms with E-state index in [0.717, 1.165) is 11.1 Å². The Morgan fingerprint density at radius 2 is 1.96 bits per heavy atom. The Balaban J connectivity index is 1.86. The van der Waals surface area contributed by atoms with E-state index in [0.29, 0.717) is 5.82 Å². The van der Waals surface area contributed by atoms with Gasteiger partial charge in [-0.15, -0.1) is 0 Å². The van der Waals surface area contributed by atoms with Crippen LogP contribution in [0.2, 0.25) is 0 Å². The molecule has 2 aromatic rings. The molecule has 2 atom stereocenters. The van der Waals surface area contributed by atoms with Crippen molar-refractivity contribution >= 4 is 17.6 Å². The van der Waals surface area contributed by atoms with Gasteiger partial charge in [0.1, 0.15) is 5.82 Å². The van der Waals surface area contributed by atoms with Crippen LogP contribution >= 0.6 is 0 Å². The molecule has 1 saturated heterocycles. The molecule has 0 aliphatic carbocycles. The number of nitrogens with zero attached hydrogens (tertiary/aromatic N) is 2. The lowest BCUT2D eigenvalue weighted by molar-refractivity contribution is -0.127. The lowest BCUT2D eigenvalue weighted by atomic mass is 9.93. The number of anilines is 1. The van der Waals surface area contributed by atoms with Gasteiger partial charge in [-0.25, -0.2) is 4.98 Å². The molecule has 1 N–H and O–H groups in total. The minimum Gasteiger partial charge on any atom is -0.338 e. The molecule has 3 rings (SSSR count). The van der Waals surface area contributed by atoms with Crippen LogP contribution in [0, 0.1) is 12.8 Å². The van der Waals surface area contributed by atoms with Crippen molar-refractivity contribution in [3.05, 3.63) is 59.8 Å². The van der Waals surface area contributed by atoms with Crippen molar-refractivity contribution in [3.63, 3.8) is 0 Å². The summed E-state index contributed by atoms with van der Waals surface area (Å²) in [5.41, 5.74) is 1.87. The summed E-state index contributed by atoms with van der Waals surface area (Å²) < 4.78 is 0. The zero-order valence-electron chi connectivity index (χ0n) is 13.2. The number of rotatable bonds is 3. The van der Waals surface area contributed by atoms with Crippen molar-refractivity contribution in [2.24, 2.45) is 5.92 Å². The maximum atomic E-state index is 12.7. The molecule has 1 aromatic carbocycles. The molecule has 0 bridgehead atoms. The van der Waals surface area contributed by atoms with Gasteiger partial charge in [-0.05, 0) is 24.1 Å². The molecular weight excluding hydrogens is 290 g/mol. The van der Waals surface area contributed by atoms with Crippen LogP contribution in [0.5, 0.6) is 0 Å². The van der Waals surface area contributed by atoms with Gasteiger partial charge in [-0.2, -0.15) is 0 Å². The van der Waals surface area contributed by atoms with Gasteiger partial charge >= 0.3 is 0 Å². The SMILES string of the molecule is Cc1cccnc1NC(=O)[C@H]1CC(=O)N(C)[C@H]1c1ccccc1. The van der Waals surface area contributed by atoms with Crippen LogP contribution in [0.3, 0.4) is 0 Å². The second-order valence-corrected chi connectivity index (χ2v) is 5.83. The summed E-state index contributed by atoms with van der Waals surface area (Å²) in [6, 6.07) is 13.1. The van der Waals surface area contributed by atoms with Crippen LogP contribution in [0.1, 0.15) is 23.6 Å². The van der Waals surface area contributed by atoms with Gasteiger partial charge in [0.2, 0.25) is 11.8 Å². The third-order valence-corrected chi connectivity index (χ3v) is 4.32. The Morgan fingerprint density at radius 1 is 1.22 bits per heavy atom. The van der Waals surface area contributed by atoms with Gasteiger partial charge in [-0.1, -0.05) is 36.4 Å². The summed E-state index contributed by atoms with van der Waals surface area (Å²) in [7, 11) is 1.75. The molecule has 23 heavy (non-hydrogen) atoms. The highest BCUT2D eigenvalue weighted by molar-refractivity contribution is 5.97. The molecule has 1 fully saturated rings. The Kier molecular flexibility index (Phi) is 4.10. The van der Waals surface area contributed by atoms with Crippen LogP contribution < -0.4 is 5.32 Å². The summed E-state index contributed by atoms with van der Waals surface area (Å²) >= 11 is 0. The highest BCUT2D eigenvalue weighted by Gasteiger charge is 2.42. The van der Waals surface area contributed by atoms with E-state index in [2.05, 4.69) is 10.3 Å². The molecule has 118 valence electrons. The monoisotopic (exact) mass is 309 g/mol. The summed E-state index contributed by atoms with van der Waals surface area (Å²) in [5.74, 6) is -0.0577. The molecular formula is C18H19N3O2. The first-order valence-electron chi connectivity index (χ1n) is 7.61. The van der Waals surface area contributed by atoms with Crippen molar-refractivity contribution in [1.82, 2.24) is 9.88 Å². The Morgan fingerprint density at radius 3 is 2.65 bits per heavy atom. The average molecular weight is 309 g/mol. The van der Waals surface area contributed by atoms with E-state index in [9.17, 15) is 9.59 Å². The number of amides is 2. The number of aromatic nitrogens is 1. The molecule has 0 unspecified atom stereocenters. The van der Waals surface area contributed by atoms with E-state index >= 15 is 0 Å². The molecule has 2 amide bonds. The number of benzene rings is 1. The first kappa shape index (κ1) is 15.2. The van der Waals surface area contributed by atoms with Crippen LogP contribution in [-0.4, -0.2) is 28.7 Å². The average Bonchev–Trinajstić information content (AvgIpc) is 2.86. The smallest absolute Gasteiger partial charge is 0.231 e. The Labute approximate surface area is 135 Å². The first-order chi connectivity index (χ1) is 11.1.